The number of fused-ring (bicyclic) bond motifs is 1. The first-order valence-corrected chi connectivity index (χ1v) is 12.9. The van der Waals surface area contributed by atoms with Gasteiger partial charge in [0, 0.05) is 24.4 Å². The van der Waals surface area contributed by atoms with Crippen LogP contribution in [0.15, 0.2) is 30.3 Å². The summed E-state index contributed by atoms with van der Waals surface area (Å²) >= 11 is 1.43. The summed E-state index contributed by atoms with van der Waals surface area (Å²) in [5.41, 5.74) is 1.07. The molecule has 0 saturated carbocycles. The van der Waals surface area contributed by atoms with Crippen LogP contribution in [0.4, 0.5) is 0 Å². The van der Waals surface area contributed by atoms with Crippen LogP contribution in [0.5, 0.6) is 11.5 Å². The van der Waals surface area contributed by atoms with E-state index in [0.29, 0.717) is 31.1 Å². The zero-order valence-corrected chi connectivity index (χ0v) is 18.6. The van der Waals surface area contributed by atoms with Crippen LogP contribution in [0.3, 0.4) is 0 Å². The number of ether oxygens (including phenoxy) is 2. The van der Waals surface area contributed by atoms with Gasteiger partial charge in [-0.2, -0.15) is 0 Å². The highest BCUT2D eigenvalue weighted by molar-refractivity contribution is 7.88. The molecular weight excluding hydrogens is 424 g/mol. The van der Waals surface area contributed by atoms with Crippen LogP contribution in [0, 0.1) is 0 Å². The third-order valence-electron chi connectivity index (χ3n) is 5.28. The maximum Gasteiger partial charge on any atom is 0.264 e. The van der Waals surface area contributed by atoms with E-state index in [-0.39, 0.29) is 11.9 Å². The second-order valence-electron chi connectivity index (χ2n) is 7.60. The number of nitrogens with one attached hydrogen (secondary N) is 1. The Morgan fingerprint density at radius 2 is 1.97 bits per heavy atom. The number of amides is 1. The number of thiophene rings is 1. The molecule has 0 aliphatic carbocycles. The van der Waals surface area contributed by atoms with E-state index in [1.54, 1.807) is 0 Å². The fraction of sp³-hybridized carbons (Fsp3) is 0.476. The van der Waals surface area contributed by atoms with Gasteiger partial charge in [-0.05, 0) is 49.1 Å². The minimum absolute atomic E-state index is 0.0205. The summed E-state index contributed by atoms with van der Waals surface area (Å²) in [7, 11) is -3.20. The van der Waals surface area contributed by atoms with Gasteiger partial charge in [0.05, 0.1) is 30.4 Å². The summed E-state index contributed by atoms with van der Waals surface area (Å²) in [4.78, 5) is 16.8. The summed E-state index contributed by atoms with van der Waals surface area (Å²) in [5, 5.41) is 0. The lowest BCUT2D eigenvalue weighted by Crippen LogP contribution is -2.30. The van der Waals surface area contributed by atoms with Crippen LogP contribution in [0.2, 0.25) is 0 Å². The third-order valence-corrected chi connectivity index (χ3v) is 7.14. The molecule has 1 N–H and O–H groups in total. The topological polar surface area (TPSA) is 84.9 Å². The number of hydrogen-bond acceptors (Lipinski definition) is 6. The van der Waals surface area contributed by atoms with Crippen molar-refractivity contribution in [3.8, 4) is 11.5 Å². The average molecular weight is 451 g/mol. The Labute approximate surface area is 181 Å². The quantitative estimate of drug-likeness (QED) is 0.731. The van der Waals surface area contributed by atoms with Crippen molar-refractivity contribution in [2.75, 3.05) is 32.6 Å². The zero-order chi connectivity index (χ0) is 21.1. The first-order valence-electron chi connectivity index (χ1n) is 10.1. The summed E-state index contributed by atoms with van der Waals surface area (Å²) in [6.07, 6.45) is 4.45. The number of rotatable bonds is 6. The average Bonchev–Trinajstić information content (AvgIpc) is 3.31. The number of carbonyl (C=O) groups excluding carboxylic acids is 1. The summed E-state index contributed by atoms with van der Waals surface area (Å²) in [6, 6.07) is 9.74. The maximum absolute atomic E-state index is 13.2. The van der Waals surface area contributed by atoms with Gasteiger partial charge < -0.3 is 14.4 Å². The second-order valence-corrected chi connectivity index (χ2v) is 10.6. The number of likely N-dealkylation sites (tertiary alicyclic amines) is 1. The molecular formula is C21H26N2O5S2. The highest BCUT2D eigenvalue weighted by Gasteiger charge is 2.32. The van der Waals surface area contributed by atoms with Gasteiger partial charge in [-0.25, -0.2) is 13.1 Å². The number of carbonyl (C=O) groups is 1. The Hall–Kier alpha value is -2.10. The van der Waals surface area contributed by atoms with Gasteiger partial charge in [-0.1, -0.05) is 6.07 Å². The van der Waals surface area contributed by atoms with E-state index in [9.17, 15) is 13.2 Å². The second kappa shape index (κ2) is 8.95. The Balaban J connectivity index is 1.46. The van der Waals surface area contributed by atoms with E-state index in [2.05, 4.69) is 4.72 Å². The Morgan fingerprint density at radius 3 is 2.77 bits per heavy atom. The van der Waals surface area contributed by atoms with Crippen molar-refractivity contribution < 1.29 is 22.7 Å². The molecule has 1 aromatic carbocycles. The Bertz CT molecular complexity index is 1020. The molecule has 0 spiro atoms. The molecule has 2 aromatic rings. The molecule has 162 valence electrons. The standard InChI is InChI=1S/C21H26N2O5S2/c1-30(25,26)22-10-9-16-6-8-20(29-16)21(24)23-11-2-4-17(23)15-5-7-18-19(14-15)28-13-3-12-27-18/h5-8,14,17,22H,2-4,9-13H2,1H3/t17-/m1/s1. The highest BCUT2D eigenvalue weighted by atomic mass is 32.2. The number of hydrogen-bond donors (Lipinski definition) is 1. The van der Waals surface area contributed by atoms with Crippen LogP contribution in [0.1, 0.15) is 45.4 Å². The fourth-order valence-corrected chi connectivity index (χ4v) is 5.31. The first-order chi connectivity index (χ1) is 14.4. The lowest BCUT2D eigenvalue weighted by Gasteiger charge is -2.25. The van der Waals surface area contributed by atoms with Gasteiger partial charge in [0.25, 0.3) is 5.91 Å². The van der Waals surface area contributed by atoms with Gasteiger partial charge in [0.15, 0.2) is 11.5 Å². The minimum Gasteiger partial charge on any atom is -0.490 e. The third kappa shape index (κ3) is 4.96. The van der Waals surface area contributed by atoms with E-state index in [4.69, 9.17) is 9.47 Å². The molecule has 1 atom stereocenters. The lowest BCUT2D eigenvalue weighted by molar-refractivity contribution is 0.0740. The van der Waals surface area contributed by atoms with Crippen LogP contribution in [0.25, 0.3) is 0 Å². The normalized spacial score (nSPS) is 19.0. The van der Waals surface area contributed by atoms with Crippen LogP contribution in [-0.2, 0) is 16.4 Å². The number of sulfonamides is 1. The van der Waals surface area contributed by atoms with E-state index in [1.807, 2.05) is 35.2 Å². The fourth-order valence-electron chi connectivity index (χ4n) is 3.87. The molecule has 30 heavy (non-hydrogen) atoms. The van der Waals surface area contributed by atoms with E-state index in [1.165, 1.54) is 11.3 Å². The Morgan fingerprint density at radius 1 is 1.17 bits per heavy atom. The molecule has 0 bridgehead atoms. The molecule has 0 unspecified atom stereocenters. The molecule has 7 nitrogen and oxygen atoms in total. The molecule has 1 amide bonds. The lowest BCUT2D eigenvalue weighted by atomic mass is 10.0. The molecule has 1 aromatic heterocycles. The van der Waals surface area contributed by atoms with Gasteiger partial charge in [0.1, 0.15) is 0 Å². The van der Waals surface area contributed by atoms with Crippen LogP contribution < -0.4 is 14.2 Å². The number of benzene rings is 1. The van der Waals surface area contributed by atoms with Crippen molar-refractivity contribution in [2.45, 2.75) is 31.7 Å². The summed E-state index contributed by atoms with van der Waals surface area (Å²) in [5.74, 6) is 1.54. The molecule has 2 aliphatic heterocycles. The Kier molecular flexibility index (Phi) is 6.31. The van der Waals surface area contributed by atoms with E-state index >= 15 is 0 Å². The smallest absolute Gasteiger partial charge is 0.264 e. The molecule has 4 rings (SSSR count). The molecule has 3 heterocycles. The minimum atomic E-state index is -3.20. The predicted octanol–water partition coefficient (Wildman–Crippen LogP) is 2.98. The first kappa shape index (κ1) is 21.1. The van der Waals surface area contributed by atoms with Crippen molar-refractivity contribution in [1.29, 1.82) is 0 Å². The molecule has 0 radical (unpaired) electrons. The molecule has 2 aliphatic rings. The molecule has 9 heteroatoms. The van der Waals surface area contributed by atoms with Gasteiger partial charge in [-0.3, -0.25) is 4.79 Å². The van der Waals surface area contributed by atoms with Crippen LogP contribution >= 0.6 is 11.3 Å². The monoisotopic (exact) mass is 450 g/mol. The number of nitrogens with zero attached hydrogens (tertiary/aromatic N) is 1. The van der Waals surface area contributed by atoms with Gasteiger partial charge >= 0.3 is 0 Å². The van der Waals surface area contributed by atoms with Crippen molar-refractivity contribution in [3.63, 3.8) is 0 Å². The van der Waals surface area contributed by atoms with Crippen molar-refractivity contribution >= 4 is 27.3 Å². The zero-order valence-electron chi connectivity index (χ0n) is 16.9. The van der Waals surface area contributed by atoms with Crippen molar-refractivity contribution in [1.82, 2.24) is 9.62 Å². The van der Waals surface area contributed by atoms with Gasteiger partial charge in [-0.15, -0.1) is 11.3 Å². The molecule has 1 fully saturated rings. The highest BCUT2D eigenvalue weighted by Crippen LogP contribution is 2.39. The van der Waals surface area contributed by atoms with E-state index < -0.39 is 10.0 Å². The van der Waals surface area contributed by atoms with Crippen LogP contribution in [-0.4, -0.2) is 51.8 Å². The summed E-state index contributed by atoms with van der Waals surface area (Å²) in [6.45, 7) is 2.34. The van der Waals surface area contributed by atoms with Gasteiger partial charge in [0.2, 0.25) is 10.0 Å². The predicted molar refractivity (Wildman–Crippen MR) is 116 cm³/mol. The largest absolute Gasteiger partial charge is 0.490 e. The van der Waals surface area contributed by atoms with E-state index in [0.717, 1.165) is 54.0 Å². The van der Waals surface area contributed by atoms with Crippen molar-refractivity contribution in [2.24, 2.45) is 0 Å². The van der Waals surface area contributed by atoms with Crippen molar-refractivity contribution in [3.05, 3.63) is 45.6 Å². The SMILES string of the molecule is CS(=O)(=O)NCCc1ccc(C(=O)N2CCC[C@@H]2c2ccc3c(c2)OCCCO3)s1. The maximum atomic E-state index is 13.2. The summed E-state index contributed by atoms with van der Waals surface area (Å²) < 4.78 is 36.4. The molecule has 1 saturated heterocycles.